The molecule has 0 aliphatic rings. The van der Waals surface area contributed by atoms with Crippen LogP contribution in [0.1, 0.15) is 30.7 Å². The molecule has 0 aliphatic carbocycles. The second-order valence-electron chi connectivity index (χ2n) is 5.03. The first-order valence-electron chi connectivity index (χ1n) is 6.76. The van der Waals surface area contributed by atoms with E-state index in [4.69, 9.17) is 9.15 Å². The molecule has 0 saturated carbocycles. The Hall–Kier alpha value is -1.10. The molecular formula is C16H20BrNO2. The Morgan fingerprint density at radius 1 is 1.25 bits per heavy atom. The summed E-state index contributed by atoms with van der Waals surface area (Å²) in [5, 5.41) is 3.35. The fourth-order valence-corrected chi connectivity index (χ4v) is 2.30. The third-order valence-corrected chi connectivity index (χ3v) is 3.42. The first-order valence-corrected chi connectivity index (χ1v) is 7.55. The summed E-state index contributed by atoms with van der Waals surface area (Å²) >= 11 is 3.46. The summed E-state index contributed by atoms with van der Waals surface area (Å²) in [6.45, 7) is 6.14. The quantitative estimate of drug-likeness (QED) is 0.819. The van der Waals surface area contributed by atoms with Crippen LogP contribution in [0.5, 0.6) is 0 Å². The van der Waals surface area contributed by atoms with E-state index in [9.17, 15) is 0 Å². The van der Waals surface area contributed by atoms with Crippen LogP contribution < -0.4 is 5.32 Å². The van der Waals surface area contributed by atoms with Gasteiger partial charge >= 0.3 is 0 Å². The van der Waals surface area contributed by atoms with Gasteiger partial charge in [-0.3, -0.25) is 0 Å². The number of furan rings is 1. The molecule has 3 nitrogen and oxygen atoms in total. The van der Waals surface area contributed by atoms with Gasteiger partial charge in [0.1, 0.15) is 5.76 Å². The molecule has 0 unspecified atom stereocenters. The van der Waals surface area contributed by atoms with E-state index < -0.39 is 0 Å². The van der Waals surface area contributed by atoms with Gasteiger partial charge in [-0.05, 0) is 23.8 Å². The number of rotatable bonds is 7. The van der Waals surface area contributed by atoms with Crippen molar-refractivity contribution in [2.45, 2.75) is 39.6 Å². The Bertz CT molecular complexity index is 537. The summed E-state index contributed by atoms with van der Waals surface area (Å²) < 4.78 is 12.3. The van der Waals surface area contributed by atoms with Crippen molar-refractivity contribution in [2.24, 2.45) is 0 Å². The van der Waals surface area contributed by atoms with E-state index in [2.05, 4.69) is 47.2 Å². The zero-order valence-corrected chi connectivity index (χ0v) is 13.4. The lowest BCUT2D eigenvalue weighted by Crippen LogP contribution is -2.22. The van der Waals surface area contributed by atoms with Crippen molar-refractivity contribution in [3.8, 4) is 0 Å². The first-order chi connectivity index (χ1) is 9.65. The van der Waals surface area contributed by atoms with Crippen molar-refractivity contribution < 1.29 is 9.15 Å². The topological polar surface area (TPSA) is 34.4 Å². The van der Waals surface area contributed by atoms with E-state index in [1.54, 1.807) is 6.26 Å². The molecule has 1 aromatic carbocycles. The average molecular weight is 338 g/mol. The molecule has 0 aliphatic heterocycles. The van der Waals surface area contributed by atoms with Gasteiger partial charge in [-0.15, -0.1) is 0 Å². The van der Waals surface area contributed by atoms with E-state index in [-0.39, 0.29) is 0 Å². The van der Waals surface area contributed by atoms with Crippen molar-refractivity contribution in [2.75, 3.05) is 0 Å². The Morgan fingerprint density at radius 2 is 2.10 bits per heavy atom. The molecule has 0 radical (unpaired) electrons. The molecule has 1 N–H and O–H groups in total. The number of ether oxygens (including phenoxy) is 1. The highest BCUT2D eigenvalue weighted by molar-refractivity contribution is 9.10. The Morgan fingerprint density at radius 3 is 2.85 bits per heavy atom. The van der Waals surface area contributed by atoms with Crippen LogP contribution in [0.15, 0.2) is 45.5 Å². The summed E-state index contributed by atoms with van der Waals surface area (Å²) in [6.07, 6.45) is 1.72. The number of hydrogen-bond donors (Lipinski definition) is 1. The monoisotopic (exact) mass is 337 g/mol. The summed E-state index contributed by atoms with van der Waals surface area (Å²) in [4.78, 5) is 0. The molecule has 2 rings (SSSR count). The molecule has 1 aromatic heterocycles. The maximum atomic E-state index is 5.76. The zero-order chi connectivity index (χ0) is 14.4. The molecule has 20 heavy (non-hydrogen) atoms. The van der Waals surface area contributed by atoms with E-state index in [1.807, 2.05) is 18.2 Å². The second-order valence-corrected chi connectivity index (χ2v) is 5.94. The lowest BCUT2D eigenvalue weighted by Gasteiger charge is -2.08. The standard InChI is InChI=1S/C16H20BrNO2/c1-12(2)18-9-16-14(6-7-20-16)11-19-10-13-4-3-5-15(17)8-13/h3-8,12,18H,9-11H2,1-2H3. The van der Waals surface area contributed by atoms with Crippen LogP contribution in [-0.2, 0) is 24.5 Å². The van der Waals surface area contributed by atoms with Crippen LogP contribution in [0.4, 0.5) is 0 Å². The lowest BCUT2D eigenvalue weighted by molar-refractivity contribution is 0.106. The SMILES string of the molecule is CC(C)NCc1occc1COCc1cccc(Br)c1. The van der Waals surface area contributed by atoms with Crippen LogP contribution in [0, 0.1) is 0 Å². The highest BCUT2D eigenvalue weighted by Gasteiger charge is 2.07. The van der Waals surface area contributed by atoms with Gasteiger partial charge in [-0.1, -0.05) is 41.9 Å². The van der Waals surface area contributed by atoms with Gasteiger partial charge in [0.25, 0.3) is 0 Å². The fourth-order valence-electron chi connectivity index (χ4n) is 1.85. The molecule has 1 heterocycles. The fraction of sp³-hybridized carbons (Fsp3) is 0.375. The molecule has 0 fully saturated rings. The maximum absolute atomic E-state index is 5.76. The predicted octanol–water partition coefficient (Wildman–Crippen LogP) is 4.26. The van der Waals surface area contributed by atoms with E-state index in [1.165, 1.54) is 0 Å². The Balaban J connectivity index is 1.83. The van der Waals surface area contributed by atoms with Crippen LogP contribution in [-0.4, -0.2) is 6.04 Å². The molecule has 0 spiro atoms. The van der Waals surface area contributed by atoms with Crippen molar-refractivity contribution in [1.29, 1.82) is 0 Å². The van der Waals surface area contributed by atoms with Crippen LogP contribution in [0.3, 0.4) is 0 Å². The molecule has 0 saturated heterocycles. The number of nitrogens with one attached hydrogen (secondary N) is 1. The maximum Gasteiger partial charge on any atom is 0.123 e. The Labute approximate surface area is 128 Å². The molecule has 0 atom stereocenters. The average Bonchev–Trinajstić information content (AvgIpc) is 2.84. The van der Waals surface area contributed by atoms with E-state index >= 15 is 0 Å². The molecular weight excluding hydrogens is 318 g/mol. The summed E-state index contributed by atoms with van der Waals surface area (Å²) in [7, 11) is 0. The van der Waals surface area contributed by atoms with Crippen molar-refractivity contribution in [1.82, 2.24) is 5.32 Å². The van der Waals surface area contributed by atoms with Gasteiger partial charge in [-0.25, -0.2) is 0 Å². The van der Waals surface area contributed by atoms with Crippen LogP contribution in [0.25, 0.3) is 0 Å². The second kappa shape index (κ2) is 7.62. The molecule has 108 valence electrons. The number of halogens is 1. The van der Waals surface area contributed by atoms with Gasteiger partial charge in [0.15, 0.2) is 0 Å². The van der Waals surface area contributed by atoms with Crippen LogP contribution in [0.2, 0.25) is 0 Å². The minimum absolute atomic E-state index is 0.440. The van der Waals surface area contributed by atoms with Gasteiger partial charge in [-0.2, -0.15) is 0 Å². The van der Waals surface area contributed by atoms with Crippen molar-refractivity contribution in [3.63, 3.8) is 0 Å². The summed E-state index contributed by atoms with van der Waals surface area (Å²) in [5.74, 6) is 0.952. The zero-order valence-electron chi connectivity index (χ0n) is 11.9. The van der Waals surface area contributed by atoms with E-state index in [0.29, 0.717) is 19.3 Å². The van der Waals surface area contributed by atoms with Crippen LogP contribution >= 0.6 is 15.9 Å². The largest absolute Gasteiger partial charge is 0.468 e. The first kappa shape index (κ1) is 15.3. The highest BCUT2D eigenvalue weighted by atomic mass is 79.9. The molecule has 4 heteroatoms. The van der Waals surface area contributed by atoms with Gasteiger partial charge in [0.05, 0.1) is 26.0 Å². The number of benzene rings is 1. The normalized spacial score (nSPS) is 11.2. The minimum Gasteiger partial charge on any atom is -0.468 e. The van der Waals surface area contributed by atoms with Gasteiger partial charge < -0.3 is 14.5 Å². The third-order valence-electron chi connectivity index (χ3n) is 2.92. The molecule has 0 bridgehead atoms. The minimum atomic E-state index is 0.440. The summed E-state index contributed by atoms with van der Waals surface area (Å²) in [5.41, 5.74) is 2.26. The Kier molecular flexibility index (Phi) is 5.83. The predicted molar refractivity (Wildman–Crippen MR) is 83.3 cm³/mol. The van der Waals surface area contributed by atoms with Crippen molar-refractivity contribution >= 4 is 15.9 Å². The van der Waals surface area contributed by atoms with E-state index in [0.717, 1.165) is 27.9 Å². The van der Waals surface area contributed by atoms with Gasteiger partial charge in [0.2, 0.25) is 0 Å². The highest BCUT2D eigenvalue weighted by Crippen LogP contribution is 2.15. The number of hydrogen-bond acceptors (Lipinski definition) is 3. The van der Waals surface area contributed by atoms with Gasteiger partial charge in [0, 0.05) is 16.1 Å². The van der Waals surface area contributed by atoms with Crippen molar-refractivity contribution in [3.05, 3.63) is 58.0 Å². The third kappa shape index (κ3) is 4.78. The molecule has 2 aromatic rings. The summed E-state index contributed by atoms with van der Waals surface area (Å²) in [6, 6.07) is 10.6. The molecule has 0 amide bonds. The smallest absolute Gasteiger partial charge is 0.123 e. The lowest BCUT2D eigenvalue weighted by atomic mass is 10.2.